The van der Waals surface area contributed by atoms with Gasteiger partial charge in [-0.1, -0.05) is 31.2 Å². The molecule has 0 aliphatic rings. The van der Waals surface area contributed by atoms with Crippen LogP contribution in [0.3, 0.4) is 0 Å². The third kappa shape index (κ3) is 6.69. The molecule has 0 aromatic heterocycles. The average Bonchev–Trinajstić information content (AvgIpc) is 2.65. The highest BCUT2D eigenvalue weighted by Crippen LogP contribution is 2.17. The number of amides is 1. The van der Waals surface area contributed by atoms with E-state index in [4.69, 9.17) is 8.92 Å². The molecule has 2 aromatic rings. The molecule has 1 amide bonds. The van der Waals surface area contributed by atoms with E-state index in [1.807, 2.05) is 24.3 Å². The van der Waals surface area contributed by atoms with Crippen LogP contribution in [0, 0.1) is 0 Å². The van der Waals surface area contributed by atoms with Crippen LogP contribution in [-0.2, 0) is 27.8 Å². The molecular weight excluding hydrogens is 366 g/mol. The quantitative estimate of drug-likeness (QED) is 0.615. The lowest BCUT2D eigenvalue weighted by Gasteiger charge is -2.23. The monoisotopic (exact) mass is 391 g/mol. The maximum atomic E-state index is 12.9. The number of ether oxygens (including phenoxy) is 1. The number of aryl methyl sites for hydroxylation is 1. The third-order valence-electron chi connectivity index (χ3n) is 4.01. The largest absolute Gasteiger partial charge is 0.383 e. The van der Waals surface area contributed by atoms with E-state index in [1.165, 1.54) is 5.56 Å². The molecule has 7 heteroatoms. The minimum Gasteiger partial charge on any atom is -0.383 e. The number of rotatable bonds is 9. The van der Waals surface area contributed by atoms with E-state index in [0.717, 1.165) is 18.2 Å². The maximum Gasteiger partial charge on any atom is 0.306 e. The van der Waals surface area contributed by atoms with Gasteiger partial charge in [0.2, 0.25) is 0 Å². The van der Waals surface area contributed by atoms with Gasteiger partial charge in [0.05, 0.1) is 12.9 Å². The molecule has 27 heavy (non-hydrogen) atoms. The van der Waals surface area contributed by atoms with Gasteiger partial charge in [0.1, 0.15) is 5.75 Å². The summed E-state index contributed by atoms with van der Waals surface area (Å²) in [5, 5.41) is 0. The summed E-state index contributed by atoms with van der Waals surface area (Å²) in [5.74, 6) is 0.164. The van der Waals surface area contributed by atoms with E-state index in [2.05, 4.69) is 6.92 Å². The summed E-state index contributed by atoms with van der Waals surface area (Å²) in [5.41, 5.74) is 2.67. The summed E-state index contributed by atoms with van der Waals surface area (Å²) in [6, 6.07) is 14.2. The van der Waals surface area contributed by atoms with E-state index in [-0.39, 0.29) is 11.7 Å². The third-order valence-corrected chi connectivity index (χ3v) is 4.50. The van der Waals surface area contributed by atoms with Crippen LogP contribution in [0.1, 0.15) is 28.4 Å². The molecule has 6 nitrogen and oxygen atoms in total. The van der Waals surface area contributed by atoms with Crippen molar-refractivity contribution in [1.82, 2.24) is 4.90 Å². The van der Waals surface area contributed by atoms with E-state index < -0.39 is 10.1 Å². The summed E-state index contributed by atoms with van der Waals surface area (Å²) in [7, 11) is -1.97. The number of nitrogens with zero attached hydrogens (tertiary/aromatic N) is 1. The smallest absolute Gasteiger partial charge is 0.306 e. The Morgan fingerprint density at radius 2 is 1.59 bits per heavy atom. The fourth-order valence-corrected chi connectivity index (χ4v) is 3.03. The number of benzene rings is 2. The lowest BCUT2D eigenvalue weighted by molar-refractivity contribution is 0.0680. The first kappa shape index (κ1) is 20.9. The van der Waals surface area contributed by atoms with Gasteiger partial charge < -0.3 is 13.8 Å². The van der Waals surface area contributed by atoms with Crippen LogP contribution in [0.25, 0.3) is 0 Å². The Morgan fingerprint density at radius 1 is 1.00 bits per heavy atom. The fraction of sp³-hybridized carbons (Fsp3) is 0.350. The van der Waals surface area contributed by atoms with Crippen molar-refractivity contribution in [3.63, 3.8) is 0 Å². The minimum atomic E-state index is -3.56. The summed E-state index contributed by atoms with van der Waals surface area (Å²) >= 11 is 0. The standard InChI is InChI=1S/C20H25NO5S/c1-4-16-5-9-18(10-6-16)20(22)21(13-14-25-2)15-17-7-11-19(12-8-17)26-27(3,23)24/h5-12H,4,13-15H2,1-3H3. The van der Waals surface area contributed by atoms with Gasteiger partial charge in [0.15, 0.2) is 0 Å². The van der Waals surface area contributed by atoms with Crippen LogP contribution < -0.4 is 4.18 Å². The average molecular weight is 391 g/mol. The summed E-state index contributed by atoms with van der Waals surface area (Å²) < 4.78 is 32.3. The van der Waals surface area contributed by atoms with Gasteiger partial charge in [-0.15, -0.1) is 0 Å². The van der Waals surface area contributed by atoms with E-state index in [9.17, 15) is 13.2 Å². The zero-order valence-electron chi connectivity index (χ0n) is 15.8. The summed E-state index contributed by atoms with van der Waals surface area (Å²) in [6.45, 7) is 3.33. The molecule has 0 saturated heterocycles. The van der Waals surface area contributed by atoms with Gasteiger partial charge in [-0.25, -0.2) is 0 Å². The first-order valence-electron chi connectivity index (χ1n) is 8.68. The van der Waals surface area contributed by atoms with Crippen LogP contribution in [0.15, 0.2) is 48.5 Å². The molecule has 0 radical (unpaired) electrons. The lowest BCUT2D eigenvalue weighted by Crippen LogP contribution is -2.33. The highest BCUT2D eigenvalue weighted by Gasteiger charge is 2.16. The Labute approximate surface area is 160 Å². The first-order chi connectivity index (χ1) is 12.8. The van der Waals surface area contributed by atoms with Gasteiger partial charge in [-0.2, -0.15) is 8.42 Å². The molecule has 0 spiro atoms. The lowest BCUT2D eigenvalue weighted by atomic mass is 10.1. The molecule has 0 atom stereocenters. The Hall–Kier alpha value is -2.38. The highest BCUT2D eigenvalue weighted by atomic mass is 32.2. The van der Waals surface area contributed by atoms with E-state index in [0.29, 0.717) is 25.3 Å². The van der Waals surface area contributed by atoms with Crippen molar-refractivity contribution < 1.29 is 22.1 Å². The first-order valence-corrected chi connectivity index (χ1v) is 10.5. The number of hydrogen-bond donors (Lipinski definition) is 0. The van der Waals surface area contributed by atoms with Gasteiger partial charge in [0, 0.05) is 25.8 Å². The van der Waals surface area contributed by atoms with Crippen molar-refractivity contribution in [3.8, 4) is 5.75 Å². The van der Waals surface area contributed by atoms with E-state index >= 15 is 0 Å². The van der Waals surface area contributed by atoms with Crippen molar-refractivity contribution in [1.29, 1.82) is 0 Å². The number of carbonyl (C=O) groups excluding carboxylic acids is 1. The zero-order valence-corrected chi connectivity index (χ0v) is 16.7. The van der Waals surface area contributed by atoms with Crippen LogP contribution in [0.2, 0.25) is 0 Å². The molecule has 0 N–H and O–H groups in total. The Morgan fingerprint density at radius 3 is 2.11 bits per heavy atom. The van der Waals surface area contributed by atoms with Gasteiger partial charge in [-0.3, -0.25) is 4.79 Å². The Kier molecular flexibility index (Phi) is 7.38. The van der Waals surface area contributed by atoms with Crippen molar-refractivity contribution in [2.24, 2.45) is 0 Å². The summed E-state index contributed by atoms with van der Waals surface area (Å²) in [6.07, 6.45) is 1.92. The van der Waals surface area contributed by atoms with Gasteiger partial charge in [-0.05, 0) is 41.8 Å². The van der Waals surface area contributed by atoms with Crippen molar-refractivity contribution in [2.75, 3.05) is 26.5 Å². The van der Waals surface area contributed by atoms with Crippen LogP contribution in [0.5, 0.6) is 5.75 Å². The van der Waals surface area contributed by atoms with Crippen LogP contribution >= 0.6 is 0 Å². The molecular formula is C20H25NO5S. The van der Waals surface area contributed by atoms with Crippen molar-refractivity contribution in [2.45, 2.75) is 19.9 Å². The second-order valence-corrected chi connectivity index (χ2v) is 7.78. The highest BCUT2D eigenvalue weighted by molar-refractivity contribution is 7.86. The SMILES string of the molecule is CCc1ccc(C(=O)N(CCOC)Cc2ccc(OS(C)(=O)=O)cc2)cc1. The number of hydrogen-bond acceptors (Lipinski definition) is 5. The van der Waals surface area contributed by atoms with E-state index in [1.54, 1.807) is 36.3 Å². The number of carbonyl (C=O) groups is 1. The normalized spacial score (nSPS) is 11.2. The van der Waals surface area contributed by atoms with Gasteiger partial charge in [0.25, 0.3) is 5.91 Å². The van der Waals surface area contributed by atoms with Crippen molar-refractivity contribution >= 4 is 16.0 Å². The fourth-order valence-electron chi connectivity index (χ4n) is 2.57. The van der Waals surface area contributed by atoms with Gasteiger partial charge >= 0.3 is 10.1 Å². The molecule has 0 unspecified atom stereocenters. The second kappa shape index (κ2) is 9.53. The summed E-state index contributed by atoms with van der Waals surface area (Å²) in [4.78, 5) is 14.6. The molecule has 0 fully saturated rings. The Bertz CT molecular complexity index is 845. The Balaban J connectivity index is 2.14. The molecule has 0 aliphatic carbocycles. The molecule has 0 bridgehead atoms. The number of methoxy groups -OCH3 is 1. The molecule has 0 aliphatic heterocycles. The zero-order chi connectivity index (χ0) is 19.9. The predicted molar refractivity (Wildman–Crippen MR) is 104 cm³/mol. The molecule has 0 saturated carbocycles. The minimum absolute atomic E-state index is 0.0776. The van der Waals surface area contributed by atoms with Crippen molar-refractivity contribution in [3.05, 3.63) is 65.2 Å². The maximum absolute atomic E-state index is 12.9. The van der Waals surface area contributed by atoms with Crippen LogP contribution in [0.4, 0.5) is 0 Å². The predicted octanol–water partition coefficient (Wildman–Crippen LogP) is 2.88. The van der Waals surface area contributed by atoms with Crippen LogP contribution in [-0.4, -0.2) is 45.7 Å². The molecule has 0 heterocycles. The molecule has 146 valence electrons. The molecule has 2 rings (SSSR count). The second-order valence-electron chi connectivity index (χ2n) is 6.20. The molecule has 2 aromatic carbocycles. The topological polar surface area (TPSA) is 72.9 Å².